The van der Waals surface area contributed by atoms with E-state index in [1.807, 2.05) is 11.8 Å². The van der Waals surface area contributed by atoms with Crippen LogP contribution in [0.15, 0.2) is 70.2 Å². The van der Waals surface area contributed by atoms with Crippen molar-refractivity contribution in [2.24, 2.45) is 10.4 Å². The second-order valence-electron chi connectivity index (χ2n) is 7.57. The van der Waals surface area contributed by atoms with E-state index >= 15 is 0 Å². The fraction of sp³-hybridized carbons (Fsp3) is 0.435. The van der Waals surface area contributed by atoms with Gasteiger partial charge >= 0.3 is 0 Å². The number of nitrogens with one attached hydrogen (secondary N) is 1. The Morgan fingerprint density at radius 2 is 2.04 bits per heavy atom. The zero-order valence-corrected chi connectivity index (χ0v) is 16.6. The molecule has 2 heterocycles. The van der Waals surface area contributed by atoms with Crippen molar-refractivity contribution in [3.8, 4) is 0 Å². The number of thioether (sulfide) groups is 1. The highest BCUT2D eigenvalue weighted by Gasteiger charge is 2.49. The van der Waals surface area contributed by atoms with Gasteiger partial charge in [0.05, 0.1) is 16.7 Å². The number of aliphatic imine (C=N–C) groups is 1. The summed E-state index contributed by atoms with van der Waals surface area (Å²) in [6.07, 6.45) is 13.7. The molecule has 1 aromatic carbocycles. The van der Waals surface area contributed by atoms with E-state index in [2.05, 4.69) is 73.9 Å². The van der Waals surface area contributed by atoms with E-state index in [-0.39, 0.29) is 11.0 Å². The first-order valence-corrected chi connectivity index (χ1v) is 10.8. The van der Waals surface area contributed by atoms with Crippen molar-refractivity contribution < 1.29 is 0 Å². The van der Waals surface area contributed by atoms with Crippen LogP contribution < -0.4 is 5.32 Å². The van der Waals surface area contributed by atoms with Gasteiger partial charge in [-0.3, -0.25) is 4.99 Å². The quantitative estimate of drug-likeness (QED) is 0.747. The standard InChI is InChI=1S/C23H28N2S/c1-3-5-14-22(4-2)17-26-20-13-9-12-19-15-24-16-23(19,20)21(25-22)18-10-7-6-8-11-18/h6-13,15,24H,3-5,14,16-17H2,1-2H3. The van der Waals surface area contributed by atoms with Crippen LogP contribution in [0.1, 0.15) is 45.1 Å². The van der Waals surface area contributed by atoms with Gasteiger partial charge in [-0.15, -0.1) is 11.8 Å². The van der Waals surface area contributed by atoms with Gasteiger partial charge in [0.15, 0.2) is 0 Å². The number of unbranched alkanes of at least 4 members (excludes halogenated alkanes) is 1. The molecule has 1 aliphatic carbocycles. The Kier molecular flexibility index (Phi) is 4.83. The third-order valence-electron chi connectivity index (χ3n) is 6.01. The minimum absolute atomic E-state index is 0.0342. The van der Waals surface area contributed by atoms with Crippen LogP contribution >= 0.6 is 11.8 Å². The highest BCUT2D eigenvalue weighted by Crippen LogP contribution is 2.53. The van der Waals surface area contributed by atoms with Crippen LogP contribution in [-0.2, 0) is 0 Å². The van der Waals surface area contributed by atoms with E-state index in [9.17, 15) is 0 Å². The van der Waals surface area contributed by atoms with Crippen LogP contribution in [0.2, 0.25) is 0 Å². The van der Waals surface area contributed by atoms with Gasteiger partial charge < -0.3 is 5.32 Å². The van der Waals surface area contributed by atoms with Crippen LogP contribution in [0, 0.1) is 5.41 Å². The number of allylic oxidation sites excluding steroid dienone is 3. The van der Waals surface area contributed by atoms with Gasteiger partial charge in [0.1, 0.15) is 0 Å². The van der Waals surface area contributed by atoms with Crippen molar-refractivity contribution in [2.45, 2.75) is 45.1 Å². The molecule has 136 valence electrons. The number of hydrogen-bond acceptors (Lipinski definition) is 3. The average Bonchev–Trinajstić information content (AvgIpc) is 3.07. The first-order chi connectivity index (χ1) is 12.7. The molecule has 26 heavy (non-hydrogen) atoms. The predicted molar refractivity (Wildman–Crippen MR) is 114 cm³/mol. The molecule has 0 amide bonds. The van der Waals surface area contributed by atoms with Crippen LogP contribution in [0.5, 0.6) is 0 Å². The minimum atomic E-state index is -0.121. The Morgan fingerprint density at radius 3 is 2.81 bits per heavy atom. The number of benzene rings is 1. The van der Waals surface area contributed by atoms with Gasteiger partial charge in [0.2, 0.25) is 0 Å². The number of rotatable bonds is 5. The zero-order chi connectivity index (χ0) is 18.0. The maximum atomic E-state index is 5.59. The molecule has 0 saturated heterocycles. The Morgan fingerprint density at radius 1 is 1.19 bits per heavy atom. The fourth-order valence-electron chi connectivity index (χ4n) is 4.32. The molecule has 0 bridgehead atoms. The summed E-state index contributed by atoms with van der Waals surface area (Å²) in [4.78, 5) is 7.04. The van der Waals surface area contributed by atoms with Crippen LogP contribution in [0.4, 0.5) is 0 Å². The third-order valence-corrected chi connectivity index (χ3v) is 7.49. The summed E-state index contributed by atoms with van der Waals surface area (Å²) < 4.78 is 0. The fourth-order valence-corrected chi connectivity index (χ4v) is 5.87. The molecule has 4 rings (SSSR count). The van der Waals surface area contributed by atoms with E-state index < -0.39 is 0 Å². The van der Waals surface area contributed by atoms with E-state index in [0.29, 0.717) is 0 Å². The van der Waals surface area contributed by atoms with E-state index in [1.54, 1.807) is 0 Å². The average molecular weight is 365 g/mol. The lowest BCUT2D eigenvalue weighted by Crippen LogP contribution is -2.39. The van der Waals surface area contributed by atoms with Crippen molar-refractivity contribution >= 4 is 17.5 Å². The number of nitrogens with zero attached hydrogens (tertiary/aromatic N) is 1. The normalized spacial score (nSPS) is 29.7. The second-order valence-corrected chi connectivity index (χ2v) is 8.59. The first-order valence-electron chi connectivity index (χ1n) is 9.85. The van der Waals surface area contributed by atoms with Crippen LogP contribution in [0.3, 0.4) is 0 Å². The predicted octanol–water partition coefficient (Wildman–Crippen LogP) is 5.49. The lowest BCUT2D eigenvalue weighted by atomic mass is 9.72. The van der Waals surface area contributed by atoms with E-state index in [1.165, 1.54) is 41.0 Å². The topological polar surface area (TPSA) is 24.4 Å². The molecule has 0 aromatic heterocycles. The highest BCUT2D eigenvalue weighted by molar-refractivity contribution is 8.03. The third kappa shape index (κ3) is 2.77. The first kappa shape index (κ1) is 17.7. The van der Waals surface area contributed by atoms with Crippen LogP contribution in [-0.4, -0.2) is 23.5 Å². The molecule has 0 saturated carbocycles. The molecule has 2 aliphatic heterocycles. The van der Waals surface area contributed by atoms with Gasteiger partial charge in [-0.25, -0.2) is 0 Å². The molecule has 1 aromatic rings. The monoisotopic (exact) mass is 364 g/mol. The molecular weight excluding hydrogens is 336 g/mol. The molecule has 2 atom stereocenters. The van der Waals surface area contributed by atoms with Gasteiger partial charge in [-0.05, 0) is 24.0 Å². The Balaban J connectivity index is 1.91. The van der Waals surface area contributed by atoms with Crippen molar-refractivity contribution in [1.82, 2.24) is 5.32 Å². The van der Waals surface area contributed by atoms with Crippen molar-refractivity contribution in [2.75, 3.05) is 12.3 Å². The number of hydrogen-bond donors (Lipinski definition) is 1. The van der Waals surface area contributed by atoms with E-state index in [0.717, 1.165) is 18.7 Å². The molecule has 2 nitrogen and oxygen atoms in total. The Hall–Kier alpha value is -1.74. The molecule has 3 aliphatic rings. The van der Waals surface area contributed by atoms with Crippen molar-refractivity contribution in [3.05, 3.63) is 70.8 Å². The highest BCUT2D eigenvalue weighted by atomic mass is 32.2. The SMILES string of the molecule is CCCCC1(CC)CSC2=CC=CC3=CNCC32C(c2ccccc2)=N1. The molecule has 1 N–H and O–H groups in total. The van der Waals surface area contributed by atoms with Crippen LogP contribution in [0.25, 0.3) is 0 Å². The van der Waals surface area contributed by atoms with E-state index in [4.69, 9.17) is 4.99 Å². The summed E-state index contributed by atoms with van der Waals surface area (Å²) in [6, 6.07) is 10.8. The van der Waals surface area contributed by atoms with Gasteiger partial charge in [-0.2, -0.15) is 0 Å². The smallest absolute Gasteiger partial charge is 0.0870 e. The maximum absolute atomic E-state index is 5.59. The molecule has 0 fully saturated rings. The Labute approximate surface area is 161 Å². The lowest BCUT2D eigenvalue weighted by Gasteiger charge is -2.35. The summed E-state index contributed by atoms with van der Waals surface area (Å²) in [5.41, 5.74) is 3.79. The second kappa shape index (κ2) is 7.11. The Bertz CT molecular complexity index is 790. The summed E-state index contributed by atoms with van der Waals surface area (Å²) in [6.45, 7) is 5.50. The summed E-state index contributed by atoms with van der Waals surface area (Å²) in [5.74, 6) is 1.08. The molecule has 2 unspecified atom stereocenters. The molecular formula is C23H28N2S. The zero-order valence-electron chi connectivity index (χ0n) is 15.8. The summed E-state index contributed by atoms with van der Waals surface area (Å²) >= 11 is 2.03. The van der Waals surface area contributed by atoms with Gasteiger partial charge in [-0.1, -0.05) is 75.2 Å². The molecule has 0 radical (unpaired) electrons. The summed E-state index contributed by atoms with van der Waals surface area (Å²) in [5, 5.41) is 3.52. The maximum Gasteiger partial charge on any atom is 0.0870 e. The summed E-state index contributed by atoms with van der Waals surface area (Å²) in [7, 11) is 0. The van der Waals surface area contributed by atoms with Crippen molar-refractivity contribution in [3.63, 3.8) is 0 Å². The lowest BCUT2D eigenvalue weighted by molar-refractivity contribution is 0.413. The largest absolute Gasteiger partial charge is 0.389 e. The van der Waals surface area contributed by atoms with Gasteiger partial charge in [0.25, 0.3) is 0 Å². The molecule has 3 heteroatoms. The minimum Gasteiger partial charge on any atom is -0.389 e. The van der Waals surface area contributed by atoms with Crippen molar-refractivity contribution in [1.29, 1.82) is 0 Å². The molecule has 1 spiro atoms. The van der Waals surface area contributed by atoms with Gasteiger partial charge in [0, 0.05) is 23.4 Å².